The lowest BCUT2D eigenvalue weighted by atomic mass is 9.71. The molecule has 2 aliphatic rings. The maximum atomic E-state index is 10.2. The fourth-order valence-electron chi connectivity index (χ4n) is 4.04. The molecular weight excluding hydrogens is 409 g/mol. The van der Waals surface area contributed by atoms with Crippen LogP contribution in [0.15, 0.2) is 23.3 Å². The molecule has 0 aromatic carbocycles. The van der Waals surface area contributed by atoms with Crippen LogP contribution in [-0.4, -0.2) is 32.3 Å². The summed E-state index contributed by atoms with van der Waals surface area (Å²) in [5, 5.41) is 13.7. The number of fused-ring (bicyclic) bond motifs is 1. The van der Waals surface area contributed by atoms with Crippen molar-refractivity contribution in [2.75, 3.05) is 5.32 Å². The Bertz CT molecular complexity index is 893. The van der Waals surface area contributed by atoms with Crippen molar-refractivity contribution in [1.82, 2.24) is 15.0 Å². The Morgan fingerprint density at radius 3 is 2.59 bits per heavy atom. The topological polar surface area (TPSA) is 86.2 Å². The third kappa shape index (κ3) is 5.11. The van der Waals surface area contributed by atoms with Gasteiger partial charge in [-0.2, -0.15) is 4.98 Å². The number of aliphatic imine (C=N–C) groups is 1. The fourth-order valence-corrected chi connectivity index (χ4v) is 4.04. The van der Waals surface area contributed by atoms with E-state index >= 15 is 0 Å². The molecule has 3 N–H and O–H groups in total. The van der Waals surface area contributed by atoms with Crippen LogP contribution in [0.25, 0.3) is 11.6 Å². The number of rotatable bonds is 3. The van der Waals surface area contributed by atoms with Gasteiger partial charge in [0.1, 0.15) is 5.69 Å². The number of H-pyrrole nitrogens is 1. The summed E-state index contributed by atoms with van der Waals surface area (Å²) in [6.07, 6.45) is 10.1. The highest BCUT2D eigenvalue weighted by Crippen LogP contribution is 2.38. The molecule has 0 radical (unpaired) electrons. The largest absolute Gasteiger partial charge is 0.492 e. The highest BCUT2D eigenvalue weighted by molar-refractivity contribution is 6.20. The van der Waals surface area contributed by atoms with Gasteiger partial charge in [-0.1, -0.05) is 20.8 Å². The van der Waals surface area contributed by atoms with Crippen LogP contribution in [0, 0.1) is 11.3 Å². The van der Waals surface area contributed by atoms with Crippen molar-refractivity contribution in [1.29, 1.82) is 0 Å². The summed E-state index contributed by atoms with van der Waals surface area (Å²) in [7, 11) is 0. The zero-order valence-corrected chi connectivity index (χ0v) is 18.6. The predicted octanol–water partition coefficient (Wildman–Crippen LogP) is 5.63. The molecule has 0 bridgehead atoms. The van der Waals surface area contributed by atoms with E-state index in [1.807, 2.05) is 18.2 Å². The average Bonchev–Trinajstić information content (AvgIpc) is 3.19. The Morgan fingerprint density at radius 2 is 1.90 bits per heavy atom. The second-order valence-corrected chi connectivity index (χ2v) is 8.61. The molecule has 8 heteroatoms. The highest BCUT2D eigenvalue weighted by Gasteiger charge is 2.30. The second kappa shape index (κ2) is 9.18. The molecule has 0 saturated heterocycles. The molecule has 0 amide bonds. The summed E-state index contributed by atoms with van der Waals surface area (Å²) < 4.78 is 0. The summed E-state index contributed by atoms with van der Waals surface area (Å²) in [4.78, 5) is 16.0. The number of nitrogens with one attached hydrogen (secondary N) is 2. The molecule has 158 valence electrons. The van der Waals surface area contributed by atoms with Gasteiger partial charge in [-0.25, -0.2) is 9.98 Å². The first-order chi connectivity index (χ1) is 12.9. The van der Waals surface area contributed by atoms with Crippen LogP contribution >= 0.6 is 24.8 Å². The Morgan fingerprint density at radius 1 is 1.17 bits per heavy atom. The van der Waals surface area contributed by atoms with Crippen LogP contribution in [0.2, 0.25) is 0 Å². The van der Waals surface area contributed by atoms with Crippen LogP contribution in [0.5, 0.6) is 5.88 Å². The Labute approximate surface area is 184 Å². The number of aromatic amines is 1. The number of aromatic nitrogens is 3. The summed E-state index contributed by atoms with van der Waals surface area (Å²) in [6, 6.07) is 4.25. The number of allylic oxidation sites excluding steroid dienone is 1. The van der Waals surface area contributed by atoms with Gasteiger partial charge in [0.2, 0.25) is 11.8 Å². The van der Waals surface area contributed by atoms with E-state index in [0.29, 0.717) is 28.9 Å². The molecular formula is C21H29Cl2N5O. The number of imidazole rings is 1. The zero-order valence-electron chi connectivity index (χ0n) is 17.0. The SMILES string of the molecule is CC(C)(C)C1CCC(Nc2nc(O)c(C=C3C=Nc4ncccc43)[nH]2)CC1.Cl.Cl. The van der Waals surface area contributed by atoms with E-state index in [4.69, 9.17) is 0 Å². The van der Waals surface area contributed by atoms with Crippen LogP contribution < -0.4 is 5.32 Å². The fraction of sp³-hybridized carbons (Fsp3) is 0.476. The quantitative estimate of drug-likeness (QED) is 0.580. The van der Waals surface area contributed by atoms with Crippen molar-refractivity contribution < 1.29 is 5.11 Å². The number of hydrogen-bond donors (Lipinski definition) is 3. The van der Waals surface area contributed by atoms with E-state index in [1.165, 1.54) is 12.8 Å². The Balaban J connectivity index is 0.00000150. The van der Waals surface area contributed by atoms with Gasteiger partial charge in [-0.05, 0) is 55.2 Å². The molecule has 0 unspecified atom stereocenters. The first-order valence-electron chi connectivity index (χ1n) is 9.67. The van der Waals surface area contributed by atoms with Crippen molar-refractivity contribution in [3.63, 3.8) is 0 Å². The van der Waals surface area contributed by atoms with Crippen molar-refractivity contribution >= 4 is 54.4 Å². The van der Waals surface area contributed by atoms with E-state index in [2.05, 4.69) is 46.0 Å². The van der Waals surface area contributed by atoms with Gasteiger partial charge in [0, 0.05) is 29.6 Å². The minimum Gasteiger partial charge on any atom is -0.492 e. The number of aromatic hydroxyl groups is 1. The van der Waals surface area contributed by atoms with Gasteiger partial charge in [0.25, 0.3) is 0 Å². The molecule has 1 fully saturated rings. The molecule has 29 heavy (non-hydrogen) atoms. The number of halogens is 2. The first kappa shape index (κ1) is 23.2. The van der Waals surface area contributed by atoms with E-state index < -0.39 is 0 Å². The minimum absolute atomic E-state index is 0. The van der Waals surface area contributed by atoms with Gasteiger partial charge in [-0.15, -0.1) is 24.8 Å². The molecule has 1 aliphatic carbocycles. The molecule has 2 aromatic rings. The lowest BCUT2D eigenvalue weighted by molar-refractivity contribution is 0.173. The number of hydrogen-bond acceptors (Lipinski definition) is 5. The zero-order chi connectivity index (χ0) is 19.0. The summed E-state index contributed by atoms with van der Waals surface area (Å²) in [5.41, 5.74) is 2.83. The summed E-state index contributed by atoms with van der Waals surface area (Å²) >= 11 is 0. The molecule has 3 heterocycles. The van der Waals surface area contributed by atoms with Crippen LogP contribution in [0.4, 0.5) is 11.8 Å². The highest BCUT2D eigenvalue weighted by atomic mass is 35.5. The van der Waals surface area contributed by atoms with Crippen LogP contribution in [0.3, 0.4) is 0 Å². The lowest BCUT2D eigenvalue weighted by Crippen LogP contribution is -2.31. The molecule has 2 aromatic heterocycles. The average molecular weight is 438 g/mol. The molecule has 6 nitrogen and oxygen atoms in total. The van der Waals surface area contributed by atoms with Crippen LogP contribution in [-0.2, 0) is 0 Å². The van der Waals surface area contributed by atoms with Crippen molar-refractivity contribution in [2.45, 2.75) is 52.5 Å². The molecule has 4 rings (SSSR count). The number of nitrogens with zero attached hydrogens (tertiary/aromatic N) is 3. The number of pyridine rings is 1. The molecule has 1 saturated carbocycles. The molecule has 0 atom stereocenters. The Hall–Kier alpha value is -2.05. The van der Waals surface area contributed by atoms with Gasteiger partial charge in [0.15, 0.2) is 5.82 Å². The third-order valence-corrected chi connectivity index (χ3v) is 5.73. The monoisotopic (exact) mass is 437 g/mol. The maximum absolute atomic E-state index is 10.2. The molecule has 0 spiro atoms. The standard InChI is InChI=1S/C21H27N5O.2ClH/c1-21(2,3)14-6-8-15(9-7-14)24-20-25-17(19(27)26-20)11-13-12-23-18-16(13)5-4-10-22-18;;/h4-5,10-12,14-15,27H,6-9H2,1-3H3,(H2,24,25,26);2*1H. The summed E-state index contributed by atoms with van der Waals surface area (Å²) in [5.74, 6) is 2.10. The van der Waals surface area contributed by atoms with Gasteiger partial charge in [0.05, 0.1) is 0 Å². The third-order valence-electron chi connectivity index (χ3n) is 5.73. The van der Waals surface area contributed by atoms with E-state index in [0.717, 1.165) is 29.9 Å². The smallest absolute Gasteiger partial charge is 0.238 e. The van der Waals surface area contributed by atoms with E-state index in [1.54, 1.807) is 12.4 Å². The maximum Gasteiger partial charge on any atom is 0.238 e. The van der Waals surface area contributed by atoms with Gasteiger partial charge < -0.3 is 15.4 Å². The normalized spacial score (nSPS) is 22.0. The van der Waals surface area contributed by atoms with E-state index in [9.17, 15) is 5.11 Å². The predicted molar refractivity (Wildman–Crippen MR) is 124 cm³/mol. The van der Waals surface area contributed by atoms with Gasteiger partial charge in [-0.3, -0.25) is 0 Å². The van der Waals surface area contributed by atoms with Crippen LogP contribution in [0.1, 0.15) is 57.7 Å². The van der Waals surface area contributed by atoms with Crippen molar-refractivity contribution in [3.8, 4) is 5.88 Å². The molecule has 1 aliphatic heterocycles. The van der Waals surface area contributed by atoms with Crippen molar-refractivity contribution in [3.05, 3.63) is 29.6 Å². The summed E-state index contributed by atoms with van der Waals surface area (Å²) in [6.45, 7) is 6.99. The van der Waals surface area contributed by atoms with Gasteiger partial charge >= 0.3 is 0 Å². The van der Waals surface area contributed by atoms with E-state index in [-0.39, 0.29) is 30.7 Å². The van der Waals surface area contributed by atoms with Crippen molar-refractivity contribution in [2.24, 2.45) is 16.3 Å². The minimum atomic E-state index is -0.000817. The lowest BCUT2D eigenvalue weighted by Gasteiger charge is -2.37. The Kier molecular flexibility index (Phi) is 7.35. The number of anilines is 1. The second-order valence-electron chi connectivity index (χ2n) is 8.61. The first-order valence-corrected chi connectivity index (χ1v) is 9.67.